The van der Waals surface area contributed by atoms with Crippen LogP contribution in [0.25, 0.3) is 0 Å². The lowest BCUT2D eigenvalue weighted by Gasteiger charge is -2.37. The highest BCUT2D eigenvalue weighted by Crippen LogP contribution is 2.39. The number of hydrogen-bond acceptors (Lipinski definition) is 6. The van der Waals surface area contributed by atoms with Gasteiger partial charge in [-0.1, -0.05) is 12.1 Å². The fraction of sp³-hybridized carbons (Fsp3) is 0.571. The van der Waals surface area contributed by atoms with E-state index in [1.54, 1.807) is 25.2 Å². The number of carbonyl (C=O) groups excluding carboxylic acids is 3. The van der Waals surface area contributed by atoms with Gasteiger partial charge in [-0.3, -0.25) is 14.4 Å². The first-order valence-corrected chi connectivity index (χ1v) is 12.1. The lowest BCUT2D eigenvalue weighted by atomic mass is 9.84. The van der Waals surface area contributed by atoms with Crippen LogP contribution in [0.4, 0.5) is 0 Å². The van der Waals surface area contributed by atoms with Crippen LogP contribution in [0, 0.1) is 0 Å². The summed E-state index contributed by atoms with van der Waals surface area (Å²) in [4.78, 5) is 40.9. The van der Waals surface area contributed by atoms with Crippen LogP contribution in [-0.4, -0.2) is 79.1 Å². The normalized spacial score (nSPS) is 28.0. The van der Waals surface area contributed by atoms with E-state index in [0.29, 0.717) is 37.1 Å². The number of ether oxygens (including phenoxy) is 1. The molecule has 3 heterocycles. The molecule has 1 aromatic carbocycles. The minimum Gasteiger partial charge on any atom is -0.486 e. The summed E-state index contributed by atoms with van der Waals surface area (Å²) in [5, 5.41) is 0. The van der Waals surface area contributed by atoms with Crippen molar-refractivity contribution in [1.29, 1.82) is 0 Å². The number of carbonyl (C=O) groups is 3. The molecule has 2 saturated heterocycles. The minimum absolute atomic E-state index is 0.0102. The van der Waals surface area contributed by atoms with Crippen molar-refractivity contribution in [2.75, 3.05) is 31.6 Å². The summed E-state index contributed by atoms with van der Waals surface area (Å²) in [7, 11) is -1.50. The summed E-state index contributed by atoms with van der Waals surface area (Å²) >= 11 is 0. The van der Waals surface area contributed by atoms with Gasteiger partial charge in [-0.2, -0.15) is 0 Å². The van der Waals surface area contributed by atoms with Crippen molar-refractivity contribution in [3.8, 4) is 5.75 Å². The van der Waals surface area contributed by atoms with Gasteiger partial charge in [-0.05, 0) is 25.0 Å². The van der Waals surface area contributed by atoms with Crippen LogP contribution in [0.5, 0.6) is 5.75 Å². The van der Waals surface area contributed by atoms with E-state index in [0.717, 1.165) is 0 Å². The molecule has 8 nitrogen and oxygen atoms in total. The molecule has 0 aliphatic carbocycles. The topological polar surface area (TPSA) is 101 Å². The Labute approximate surface area is 176 Å². The molecule has 0 N–H and O–H groups in total. The SMILES string of the molecule is CN(C(=O)CN1CC[C@@]2(CCC1=O)CC(=O)c1ccccc1O2)[C@H]1CCS(=O)(=O)C1. The van der Waals surface area contributed by atoms with Crippen molar-refractivity contribution in [3.63, 3.8) is 0 Å². The highest BCUT2D eigenvalue weighted by molar-refractivity contribution is 7.91. The van der Waals surface area contributed by atoms with E-state index in [1.807, 2.05) is 6.07 Å². The summed E-state index contributed by atoms with van der Waals surface area (Å²) in [6.07, 6.45) is 1.74. The first kappa shape index (κ1) is 20.8. The number of amides is 2. The van der Waals surface area contributed by atoms with Gasteiger partial charge < -0.3 is 14.5 Å². The molecule has 1 spiro atoms. The Hall–Kier alpha value is -2.42. The number of ketones is 1. The lowest BCUT2D eigenvalue weighted by molar-refractivity contribution is -0.140. The number of para-hydroxylation sites is 1. The van der Waals surface area contributed by atoms with Crippen molar-refractivity contribution < 1.29 is 27.5 Å². The molecule has 0 aromatic heterocycles. The molecule has 0 saturated carbocycles. The van der Waals surface area contributed by atoms with E-state index in [4.69, 9.17) is 4.74 Å². The van der Waals surface area contributed by atoms with Crippen molar-refractivity contribution in [1.82, 2.24) is 9.80 Å². The minimum atomic E-state index is -3.09. The predicted octanol–water partition coefficient (Wildman–Crippen LogP) is 1.05. The van der Waals surface area contributed by atoms with Crippen LogP contribution in [0.15, 0.2) is 24.3 Å². The Balaban J connectivity index is 1.42. The van der Waals surface area contributed by atoms with Crippen LogP contribution in [0.3, 0.4) is 0 Å². The van der Waals surface area contributed by atoms with Gasteiger partial charge in [-0.25, -0.2) is 8.42 Å². The van der Waals surface area contributed by atoms with E-state index in [1.165, 1.54) is 9.80 Å². The number of fused-ring (bicyclic) bond motifs is 1. The van der Waals surface area contributed by atoms with Gasteiger partial charge in [0, 0.05) is 32.5 Å². The third-order valence-corrected chi connectivity index (χ3v) is 8.21. The molecule has 0 radical (unpaired) electrons. The standard InChI is InChI=1S/C21H26N2O6S/c1-22(15-7-11-30(27,28)14-15)20(26)13-23-10-9-21(8-6-19(23)25)12-17(24)16-4-2-3-5-18(16)29-21/h2-5,15H,6-14H2,1H3/t15-,21-/m0/s1. The molecule has 4 rings (SSSR count). The summed E-state index contributed by atoms with van der Waals surface area (Å²) < 4.78 is 29.6. The largest absolute Gasteiger partial charge is 0.486 e. The molecule has 1 aromatic rings. The first-order valence-electron chi connectivity index (χ1n) is 10.2. The molecular formula is C21H26N2O6S. The zero-order valence-corrected chi connectivity index (χ0v) is 17.8. The van der Waals surface area contributed by atoms with Crippen LogP contribution in [-0.2, 0) is 19.4 Å². The summed E-state index contributed by atoms with van der Waals surface area (Å²) in [5.74, 6) is 0.202. The van der Waals surface area contributed by atoms with Gasteiger partial charge in [0.1, 0.15) is 11.4 Å². The maximum atomic E-state index is 12.7. The summed E-state index contributed by atoms with van der Waals surface area (Å²) in [5.41, 5.74) is -0.163. The quantitative estimate of drug-likeness (QED) is 0.705. The second kappa shape index (κ2) is 7.68. The van der Waals surface area contributed by atoms with E-state index >= 15 is 0 Å². The number of hydrogen-bond donors (Lipinski definition) is 0. The van der Waals surface area contributed by atoms with Gasteiger partial charge in [0.25, 0.3) is 0 Å². The summed E-state index contributed by atoms with van der Waals surface area (Å²) in [6, 6.07) is 6.79. The van der Waals surface area contributed by atoms with Gasteiger partial charge in [0.2, 0.25) is 11.8 Å². The van der Waals surface area contributed by atoms with Gasteiger partial charge >= 0.3 is 0 Å². The molecule has 3 aliphatic heterocycles. The fourth-order valence-corrected chi connectivity index (χ4v) is 6.30. The van der Waals surface area contributed by atoms with Crippen LogP contribution >= 0.6 is 0 Å². The molecular weight excluding hydrogens is 408 g/mol. The number of nitrogens with zero attached hydrogens (tertiary/aromatic N) is 2. The van der Waals surface area contributed by atoms with E-state index in [2.05, 4.69) is 0 Å². The van der Waals surface area contributed by atoms with Crippen molar-refractivity contribution >= 4 is 27.4 Å². The molecule has 3 aliphatic rings. The van der Waals surface area contributed by atoms with Gasteiger partial charge in [0.05, 0.1) is 30.0 Å². The van der Waals surface area contributed by atoms with Crippen LogP contribution < -0.4 is 4.74 Å². The molecule has 2 fully saturated rings. The number of rotatable bonds is 3. The first-order chi connectivity index (χ1) is 14.2. The number of likely N-dealkylation sites (tertiary alicyclic amines) is 1. The molecule has 162 valence electrons. The smallest absolute Gasteiger partial charge is 0.242 e. The monoisotopic (exact) mass is 434 g/mol. The second-order valence-corrected chi connectivity index (χ2v) is 10.7. The number of likely N-dealkylation sites (N-methyl/N-ethyl adjacent to an activating group) is 1. The van der Waals surface area contributed by atoms with E-state index < -0.39 is 15.4 Å². The van der Waals surface area contributed by atoms with Gasteiger partial charge in [-0.15, -0.1) is 0 Å². The third-order valence-electron chi connectivity index (χ3n) is 6.46. The van der Waals surface area contributed by atoms with E-state index in [9.17, 15) is 22.8 Å². The Morgan fingerprint density at radius 3 is 2.77 bits per heavy atom. The number of sulfone groups is 1. The van der Waals surface area contributed by atoms with Crippen LogP contribution in [0.2, 0.25) is 0 Å². The zero-order valence-electron chi connectivity index (χ0n) is 17.0. The average Bonchev–Trinajstić information content (AvgIpc) is 3.01. The Morgan fingerprint density at radius 2 is 2.03 bits per heavy atom. The van der Waals surface area contributed by atoms with Crippen molar-refractivity contribution in [2.24, 2.45) is 0 Å². The highest BCUT2D eigenvalue weighted by atomic mass is 32.2. The molecule has 0 bridgehead atoms. The fourth-order valence-electron chi connectivity index (χ4n) is 4.53. The van der Waals surface area contributed by atoms with Gasteiger partial charge in [0.15, 0.2) is 15.6 Å². The molecule has 2 amide bonds. The van der Waals surface area contributed by atoms with E-state index in [-0.39, 0.29) is 54.5 Å². The third kappa shape index (κ3) is 4.08. The molecule has 0 unspecified atom stereocenters. The van der Waals surface area contributed by atoms with Crippen molar-refractivity contribution in [2.45, 2.75) is 43.7 Å². The predicted molar refractivity (Wildman–Crippen MR) is 109 cm³/mol. The zero-order chi connectivity index (χ0) is 21.5. The molecule has 9 heteroatoms. The number of Topliss-reactive ketones (excluding diaryl/α,β-unsaturated/α-hetero) is 1. The second-order valence-electron chi connectivity index (χ2n) is 8.51. The Morgan fingerprint density at radius 1 is 1.27 bits per heavy atom. The summed E-state index contributed by atoms with van der Waals surface area (Å²) in [6.45, 7) is 0.226. The maximum absolute atomic E-state index is 12.7. The maximum Gasteiger partial charge on any atom is 0.242 e. The lowest BCUT2D eigenvalue weighted by Crippen LogP contribution is -2.46. The van der Waals surface area contributed by atoms with Crippen molar-refractivity contribution in [3.05, 3.63) is 29.8 Å². The average molecular weight is 435 g/mol. The van der Waals surface area contributed by atoms with Crippen LogP contribution in [0.1, 0.15) is 42.5 Å². The molecule has 2 atom stereocenters. The Kier molecular flexibility index (Phi) is 5.34. The molecule has 30 heavy (non-hydrogen) atoms. The Bertz CT molecular complexity index is 991. The highest BCUT2D eigenvalue weighted by Gasteiger charge is 2.43. The number of benzene rings is 1.